The Labute approximate surface area is 122 Å². The van der Waals surface area contributed by atoms with Crippen LogP contribution in [0, 0.1) is 10.1 Å². The Kier molecular flexibility index (Phi) is 5.28. The zero-order valence-electron chi connectivity index (χ0n) is 11.9. The Bertz CT molecular complexity index is 580. The topological polar surface area (TPSA) is 82.2 Å². The lowest BCUT2D eigenvalue weighted by Gasteiger charge is -2.07. The Morgan fingerprint density at radius 3 is 2.67 bits per heavy atom. The fraction of sp³-hybridized carbons (Fsp3) is 0.357. The van der Waals surface area contributed by atoms with Gasteiger partial charge >= 0.3 is 0 Å². The first kappa shape index (κ1) is 15.0. The average Bonchev–Trinajstić information content (AvgIpc) is 2.88. The number of aryl methyl sites for hydroxylation is 1. The predicted octanol–water partition coefficient (Wildman–Crippen LogP) is 1.54. The maximum atomic E-state index is 10.5. The molecule has 0 saturated carbocycles. The molecule has 0 amide bonds. The molecule has 2 aromatic rings. The first-order valence-corrected chi connectivity index (χ1v) is 6.71. The Balaban J connectivity index is 1.61. The van der Waals surface area contributed by atoms with Crippen LogP contribution in [-0.2, 0) is 13.5 Å². The largest absolute Gasteiger partial charge is 0.492 e. The lowest BCUT2D eigenvalue weighted by molar-refractivity contribution is -0.384. The Hall–Kier alpha value is -2.41. The number of nitro groups is 1. The van der Waals surface area contributed by atoms with Gasteiger partial charge in [0.2, 0.25) is 0 Å². The maximum Gasteiger partial charge on any atom is 0.269 e. The highest BCUT2D eigenvalue weighted by Gasteiger charge is 2.04. The minimum atomic E-state index is -0.427. The number of hydrogen-bond donors (Lipinski definition) is 1. The molecule has 0 atom stereocenters. The molecule has 0 saturated heterocycles. The van der Waals surface area contributed by atoms with Crippen LogP contribution in [-0.4, -0.2) is 34.4 Å². The summed E-state index contributed by atoms with van der Waals surface area (Å²) in [6.07, 6.45) is 2.70. The molecular weight excluding hydrogens is 272 g/mol. The van der Waals surface area contributed by atoms with E-state index < -0.39 is 4.92 Å². The highest BCUT2D eigenvalue weighted by atomic mass is 16.6. The molecule has 0 spiro atoms. The van der Waals surface area contributed by atoms with Crippen LogP contribution in [0.2, 0.25) is 0 Å². The fourth-order valence-electron chi connectivity index (χ4n) is 1.89. The first-order chi connectivity index (χ1) is 10.2. The number of rotatable bonds is 8. The SMILES string of the molecule is Cn1nccc1CCNCCOc1ccc([N+](=O)[O-])cc1. The standard InChI is InChI=1S/C14H18N4O3/c1-17-12(7-9-16-17)6-8-15-10-11-21-14-4-2-13(3-5-14)18(19)20/h2-5,7,9,15H,6,8,10-11H2,1H3. The van der Waals surface area contributed by atoms with E-state index in [-0.39, 0.29) is 5.69 Å². The summed E-state index contributed by atoms with van der Waals surface area (Å²) in [5.41, 5.74) is 1.25. The minimum absolute atomic E-state index is 0.0663. The minimum Gasteiger partial charge on any atom is -0.492 e. The van der Waals surface area contributed by atoms with Crippen LogP contribution in [0.3, 0.4) is 0 Å². The van der Waals surface area contributed by atoms with Gasteiger partial charge in [-0.05, 0) is 18.2 Å². The van der Waals surface area contributed by atoms with Crippen molar-refractivity contribution in [2.45, 2.75) is 6.42 Å². The molecular formula is C14H18N4O3. The van der Waals surface area contributed by atoms with Crippen molar-refractivity contribution in [3.8, 4) is 5.75 Å². The molecule has 21 heavy (non-hydrogen) atoms. The number of non-ortho nitro benzene ring substituents is 1. The van der Waals surface area contributed by atoms with Crippen LogP contribution in [0.5, 0.6) is 5.75 Å². The van der Waals surface area contributed by atoms with Crippen molar-refractivity contribution in [2.24, 2.45) is 7.05 Å². The summed E-state index contributed by atoms with van der Waals surface area (Å²) >= 11 is 0. The van der Waals surface area contributed by atoms with Gasteiger partial charge < -0.3 is 10.1 Å². The van der Waals surface area contributed by atoms with E-state index in [2.05, 4.69) is 10.4 Å². The van der Waals surface area contributed by atoms with Crippen molar-refractivity contribution in [2.75, 3.05) is 19.7 Å². The summed E-state index contributed by atoms with van der Waals surface area (Å²) in [5.74, 6) is 0.633. The summed E-state index contributed by atoms with van der Waals surface area (Å²) in [7, 11) is 1.92. The van der Waals surface area contributed by atoms with Crippen LogP contribution in [0.25, 0.3) is 0 Å². The zero-order valence-corrected chi connectivity index (χ0v) is 11.9. The van der Waals surface area contributed by atoms with Crippen molar-refractivity contribution >= 4 is 5.69 Å². The van der Waals surface area contributed by atoms with Crippen LogP contribution < -0.4 is 10.1 Å². The predicted molar refractivity (Wildman–Crippen MR) is 78.4 cm³/mol. The van der Waals surface area contributed by atoms with E-state index in [1.807, 2.05) is 17.8 Å². The van der Waals surface area contributed by atoms with E-state index in [1.165, 1.54) is 17.8 Å². The molecule has 0 fully saturated rings. The molecule has 112 valence electrons. The number of hydrogen-bond acceptors (Lipinski definition) is 5. The van der Waals surface area contributed by atoms with Crippen molar-refractivity contribution in [1.82, 2.24) is 15.1 Å². The third kappa shape index (κ3) is 4.57. The molecule has 7 nitrogen and oxygen atoms in total. The monoisotopic (exact) mass is 290 g/mol. The van der Waals surface area contributed by atoms with E-state index in [1.54, 1.807) is 18.3 Å². The van der Waals surface area contributed by atoms with Crippen LogP contribution in [0.4, 0.5) is 5.69 Å². The van der Waals surface area contributed by atoms with Gasteiger partial charge in [-0.15, -0.1) is 0 Å². The van der Waals surface area contributed by atoms with Gasteiger partial charge in [0.05, 0.1) is 4.92 Å². The highest BCUT2D eigenvalue weighted by molar-refractivity contribution is 5.35. The molecule has 1 N–H and O–H groups in total. The van der Waals surface area contributed by atoms with Crippen molar-refractivity contribution < 1.29 is 9.66 Å². The molecule has 0 bridgehead atoms. The third-order valence-electron chi connectivity index (χ3n) is 3.08. The fourth-order valence-corrected chi connectivity index (χ4v) is 1.89. The van der Waals surface area contributed by atoms with Gasteiger partial charge in [-0.2, -0.15) is 5.10 Å². The Morgan fingerprint density at radius 2 is 2.05 bits per heavy atom. The van der Waals surface area contributed by atoms with Crippen LogP contribution in [0.15, 0.2) is 36.5 Å². The van der Waals surface area contributed by atoms with Crippen molar-refractivity contribution in [3.63, 3.8) is 0 Å². The molecule has 7 heteroatoms. The molecule has 1 heterocycles. The normalized spacial score (nSPS) is 10.5. The second-order valence-corrected chi connectivity index (χ2v) is 4.55. The number of aromatic nitrogens is 2. The van der Waals surface area contributed by atoms with Crippen LogP contribution in [0.1, 0.15) is 5.69 Å². The molecule has 0 unspecified atom stereocenters. The lowest BCUT2D eigenvalue weighted by Crippen LogP contribution is -2.24. The lowest BCUT2D eigenvalue weighted by atomic mass is 10.3. The van der Waals surface area contributed by atoms with Gasteiger partial charge in [0, 0.05) is 50.6 Å². The van der Waals surface area contributed by atoms with E-state index in [4.69, 9.17) is 4.74 Å². The average molecular weight is 290 g/mol. The van der Waals surface area contributed by atoms with Crippen molar-refractivity contribution in [1.29, 1.82) is 0 Å². The molecule has 2 rings (SSSR count). The summed E-state index contributed by atoms with van der Waals surface area (Å²) in [4.78, 5) is 10.1. The van der Waals surface area contributed by atoms with E-state index >= 15 is 0 Å². The molecule has 0 radical (unpaired) electrons. The molecule has 0 aliphatic carbocycles. The van der Waals surface area contributed by atoms with E-state index in [0.29, 0.717) is 12.4 Å². The van der Waals surface area contributed by atoms with Gasteiger partial charge in [-0.3, -0.25) is 14.8 Å². The number of ether oxygens (including phenoxy) is 1. The summed E-state index contributed by atoms with van der Waals surface area (Å²) < 4.78 is 7.36. The summed E-state index contributed by atoms with van der Waals surface area (Å²) in [6, 6.07) is 8.08. The van der Waals surface area contributed by atoms with Gasteiger partial charge in [-0.1, -0.05) is 0 Å². The molecule has 1 aromatic carbocycles. The second-order valence-electron chi connectivity index (χ2n) is 4.55. The smallest absolute Gasteiger partial charge is 0.269 e. The summed E-state index contributed by atoms with van der Waals surface area (Å²) in [5, 5.41) is 17.9. The van der Waals surface area contributed by atoms with E-state index in [9.17, 15) is 10.1 Å². The summed E-state index contributed by atoms with van der Waals surface area (Å²) in [6.45, 7) is 2.08. The number of nitrogens with zero attached hydrogens (tertiary/aromatic N) is 3. The molecule has 0 aliphatic heterocycles. The van der Waals surface area contributed by atoms with Gasteiger partial charge in [0.15, 0.2) is 0 Å². The molecule has 0 aliphatic rings. The second kappa shape index (κ2) is 7.39. The van der Waals surface area contributed by atoms with Crippen LogP contribution >= 0.6 is 0 Å². The van der Waals surface area contributed by atoms with Crippen molar-refractivity contribution in [3.05, 3.63) is 52.3 Å². The van der Waals surface area contributed by atoms with Gasteiger partial charge in [0.25, 0.3) is 5.69 Å². The highest BCUT2D eigenvalue weighted by Crippen LogP contribution is 2.16. The number of benzene rings is 1. The van der Waals surface area contributed by atoms with Gasteiger partial charge in [0.1, 0.15) is 12.4 Å². The van der Waals surface area contributed by atoms with Gasteiger partial charge in [-0.25, -0.2) is 0 Å². The maximum absolute atomic E-state index is 10.5. The Morgan fingerprint density at radius 1 is 1.29 bits per heavy atom. The number of nitro benzene ring substituents is 1. The van der Waals surface area contributed by atoms with E-state index in [0.717, 1.165) is 19.5 Å². The first-order valence-electron chi connectivity index (χ1n) is 6.71. The zero-order chi connectivity index (χ0) is 15.1. The third-order valence-corrected chi connectivity index (χ3v) is 3.08. The quantitative estimate of drug-likeness (QED) is 0.453. The number of nitrogens with one attached hydrogen (secondary N) is 1. The molecule has 1 aromatic heterocycles.